The lowest BCUT2D eigenvalue weighted by molar-refractivity contribution is -0.141. The number of amides is 1. The Labute approximate surface area is 215 Å². The Bertz CT molecular complexity index is 1020. The maximum atomic E-state index is 12.6. The molecule has 0 N–H and O–H groups in total. The van der Waals surface area contributed by atoms with Gasteiger partial charge in [0.15, 0.2) is 0 Å². The third kappa shape index (κ3) is 5.84. The normalized spacial score (nSPS) is 22.7. The molecule has 2 aromatic rings. The van der Waals surface area contributed by atoms with Gasteiger partial charge in [0.2, 0.25) is 0 Å². The number of morpholine rings is 1. The van der Waals surface area contributed by atoms with E-state index in [1.165, 1.54) is 31.6 Å². The summed E-state index contributed by atoms with van der Waals surface area (Å²) in [5, 5.41) is 0. The van der Waals surface area contributed by atoms with Gasteiger partial charge in [-0.05, 0) is 87.4 Å². The second-order valence-electron chi connectivity index (χ2n) is 10.8. The molecule has 0 radical (unpaired) electrons. The summed E-state index contributed by atoms with van der Waals surface area (Å²) in [6.07, 6.45) is 7.29. The Hall–Kier alpha value is -2.64. The highest BCUT2D eigenvalue weighted by Gasteiger charge is 2.43. The van der Waals surface area contributed by atoms with Crippen LogP contribution in [0.4, 0.5) is 11.5 Å². The van der Waals surface area contributed by atoms with Gasteiger partial charge in [0, 0.05) is 38.1 Å². The molecule has 7 nitrogen and oxygen atoms in total. The van der Waals surface area contributed by atoms with E-state index < -0.39 is 0 Å². The van der Waals surface area contributed by atoms with Gasteiger partial charge in [0.25, 0.3) is 5.91 Å². The predicted molar refractivity (Wildman–Crippen MR) is 143 cm³/mol. The number of aromatic nitrogens is 1. The molecule has 1 aromatic heterocycles. The van der Waals surface area contributed by atoms with Gasteiger partial charge < -0.3 is 19.3 Å². The zero-order valence-electron chi connectivity index (χ0n) is 21.8. The van der Waals surface area contributed by atoms with Crippen molar-refractivity contribution in [2.24, 2.45) is 5.92 Å². The first-order valence-corrected chi connectivity index (χ1v) is 13.6. The van der Waals surface area contributed by atoms with E-state index >= 15 is 0 Å². The van der Waals surface area contributed by atoms with E-state index in [9.17, 15) is 4.79 Å². The summed E-state index contributed by atoms with van der Waals surface area (Å²) in [6, 6.07) is 12.4. The summed E-state index contributed by atoms with van der Waals surface area (Å²) in [7, 11) is 0. The van der Waals surface area contributed by atoms with Gasteiger partial charge in [0.1, 0.15) is 18.2 Å². The van der Waals surface area contributed by atoms with Crippen LogP contribution in [-0.4, -0.2) is 73.9 Å². The average Bonchev–Trinajstić information content (AvgIpc) is 2.90. The van der Waals surface area contributed by atoms with Gasteiger partial charge in [0.05, 0.1) is 18.8 Å². The summed E-state index contributed by atoms with van der Waals surface area (Å²) in [6.45, 7) is 11.2. The van der Waals surface area contributed by atoms with Gasteiger partial charge in [-0.15, -0.1) is 0 Å². The molecule has 0 bridgehead atoms. The maximum Gasteiger partial charge on any atom is 0.254 e. The topological polar surface area (TPSA) is 58.1 Å². The van der Waals surface area contributed by atoms with Crippen molar-refractivity contribution in [1.29, 1.82) is 0 Å². The van der Waals surface area contributed by atoms with Crippen molar-refractivity contribution in [3.8, 4) is 5.75 Å². The number of pyridine rings is 1. The monoisotopic (exact) mass is 492 g/mol. The number of carbonyl (C=O) groups is 1. The highest BCUT2D eigenvalue weighted by molar-refractivity contribution is 5.94. The number of hydrogen-bond donors (Lipinski definition) is 0. The van der Waals surface area contributed by atoms with Crippen molar-refractivity contribution in [3.05, 3.63) is 48.2 Å². The van der Waals surface area contributed by atoms with E-state index in [1.807, 2.05) is 24.0 Å². The number of rotatable bonds is 7. The third-order valence-corrected chi connectivity index (χ3v) is 7.99. The number of carbonyl (C=O) groups excluding carboxylic acids is 1. The number of anilines is 2. The molecular formula is C29H40N4O3. The number of aryl methyl sites for hydroxylation is 1. The predicted octanol–water partition coefficient (Wildman–Crippen LogP) is 4.29. The summed E-state index contributed by atoms with van der Waals surface area (Å²) < 4.78 is 12.2. The molecule has 194 valence electrons. The van der Waals surface area contributed by atoms with Gasteiger partial charge in [-0.2, -0.15) is 0 Å². The van der Waals surface area contributed by atoms with Crippen LogP contribution in [0.5, 0.6) is 5.75 Å². The van der Waals surface area contributed by atoms with Gasteiger partial charge in [-0.25, -0.2) is 4.98 Å². The lowest BCUT2D eigenvalue weighted by Crippen LogP contribution is -2.59. The molecule has 1 amide bonds. The number of likely N-dealkylation sites (tertiary alicyclic amines) is 1. The molecule has 36 heavy (non-hydrogen) atoms. The molecule has 3 saturated heterocycles. The fourth-order valence-electron chi connectivity index (χ4n) is 5.86. The lowest BCUT2D eigenvalue weighted by atomic mass is 9.89. The molecule has 0 unspecified atom stereocenters. The molecule has 1 spiro atoms. The summed E-state index contributed by atoms with van der Waals surface area (Å²) in [5.41, 5.74) is 1.93. The number of ether oxygens (including phenoxy) is 2. The quantitative estimate of drug-likeness (QED) is 0.538. The summed E-state index contributed by atoms with van der Waals surface area (Å²) >= 11 is 0. The molecule has 0 aliphatic carbocycles. The molecule has 1 aromatic carbocycles. The molecule has 1 atom stereocenters. The van der Waals surface area contributed by atoms with Gasteiger partial charge in [-0.3, -0.25) is 9.69 Å². The fourth-order valence-corrected chi connectivity index (χ4v) is 5.86. The van der Waals surface area contributed by atoms with E-state index in [0.29, 0.717) is 6.54 Å². The van der Waals surface area contributed by atoms with Crippen LogP contribution in [0.25, 0.3) is 0 Å². The van der Waals surface area contributed by atoms with Crippen molar-refractivity contribution in [1.82, 2.24) is 9.88 Å². The van der Waals surface area contributed by atoms with Crippen LogP contribution < -0.4 is 14.5 Å². The Morgan fingerprint density at radius 3 is 2.69 bits per heavy atom. The van der Waals surface area contributed by atoms with Crippen LogP contribution in [0.3, 0.4) is 0 Å². The van der Waals surface area contributed by atoms with Crippen LogP contribution in [0.2, 0.25) is 0 Å². The minimum absolute atomic E-state index is 0.00840. The minimum atomic E-state index is -0.302. The lowest BCUT2D eigenvalue weighted by Gasteiger charge is -2.47. The Kier molecular flexibility index (Phi) is 7.77. The van der Waals surface area contributed by atoms with Gasteiger partial charge >= 0.3 is 0 Å². The third-order valence-electron chi connectivity index (χ3n) is 7.99. The number of nitrogens with zero attached hydrogens (tertiary/aromatic N) is 4. The van der Waals surface area contributed by atoms with Crippen molar-refractivity contribution in [3.63, 3.8) is 0 Å². The van der Waals surface area contributed by atoms with E-state index in [2.05, 4.69) is 46.0 Å². The standard InChI is InChI=1S/C29H40N4O3/c1-23-6-4-15-31(20-23)16-5-19-35-26-10-8-25(9-11-26)32-17-12-29(13-18-32)22-33(27(34)21-36-29)28-24(2)7-3-14-30-28/h3,7-11,14,23H,4-6,12-13,15-22H2,1-2H3/t23-/m0/s1. The molecule has 0 saturated carbocycles. The maximum absolute atomic E-state index is 12.6. The summed E-state index contributed by atoms with van der Waals surface area (Å²) in [5.74, 6) is 2.52. The van der Waals surface area contributed by atoms with Crippen molar-refractivity contribution < 1.29 is 14.3 Å². The van der Waals surface area contributed by atoms with Crippen molar-refractivity contribution in [2.75, 3.05) is 62.3 Å². The molecule has 3 fully saturated rings. The Morgan fingerprint density at radius 1 is 1.14 bits per heavy atom. The largest absolute Gasteiger partial charge is 0.494 e. The van der Waals surface area contributed by atoms with E-state index in [0.717, 1.165) is 68.6 Å². The zero-order valence-corrected chi connectivity index (χ0v) is 21.8. The molecular weight excluding hydrogens is 452 g/mol. The fraction of sp³-hybridized carbons (Fsp3) is 0.586. The smallest absolute Gasteiger partial charge is 0.254 e. The first kappa shape index (κ1) is 25.0. The molecule has 3 aliphatic rings. The Morgan fingerprint density at radius 2 is 1.94 bits per heavy atom. The first-order chi connectivity index (χ1) is 17.5. The second kappa shape index (κ2) is 11.2. The van der Waals surface area contributed by atoms with Gasteiger partial charge in [-0.1, -0.05) is 13.0 Å². The van der Waals surface area contributed by atoms with Crippen LogP contribution >= 0.6 is 0 Å². The zero-order chi connectivity index (χ0) is 25.0. The van der Waals surface area contributed by atoms with E-state index in [-0.39, 0.29) is 18.1 Å². The van der Waals surface area contributed by atoms with Crippen LogP contribution in [0.15, 0.2) is 42.6 Å². The van der Waals surface area contributed by atoms with Crippen LogP contribution in [0.1, 0.15) is 44.6 Å². The molecule has 3 aliphatic heterocycles. The summed E-state index contributed by atoms with van der Waals surface area (Å²) in [4.78, 5) is 23.9. The highest BCUT2D eigenvalue weighted by Crippen LogP contribution is 2.35. The SMILES string of the molecule is Cc1cccnc1N1CC2(CCN(c3ccc(OCCCN4CCC[C@H](C)C4)cc3)CC2)OCC1=O. The highest BCUT2D eigenvalue weighted by atomic mass is 16.5. The van der Waals surface area contributed by atoms with Crippen LogP contribution in [0, 0.1) is 12.8 Å². The van der Waals surface area contributed by atoms with E-state index in [1.54, 1.807) is 6.20 Å². The number of piperidine rings is 2. The van der Waals surface area contributed by atoms with E-state index in [4.69, 9.17) is 9.47 Å². The molecule has 4 heterocycles. The Balaban J connectivity index is 1.10. The average molecular weight is 493 g/mol. The van der Waals surface area contributed by atoms with Crippen LogP contribution in [-0.2, 0) is 9.53 Å². The van der Waals surface area contributed by atoms with Crippen molar-refractivity contribution >= 4 is 17.4 Å². The minimum Gasteiger partial charge on any atom is -0.494 e. The molecule has 5 rings (SSSR count). The molecule has 7 heteroatoms. The first-order valence-electron chi connectivity index (χ1n) is 13.6. The van der Waals surface area contributed by atoms with Crippen molar-refractivity contribution in [2.45, 2.75) is 51.6 Å². The number of benzene rings is 1. The number of hydrogen-bond acceptors (Lipinski definition) is 6. The second-order valence-corrected chi connectivity index (χ2v) is 10.8.